The van der Waals surface area contributed by atoms with E-state index in [0.717, 1.165) is 100 Å². The van der Waals surface area contributed by atoms with Gasteiger partial charge >= 0.3 is 0 Å². The Morgan fingerprint density at radius 1 is 0.375 bits per heavy atom. The molecule has 0 fully saturated rings. The van der Waals surface area contributed by atoms with Crippen molar-refractivity contribution in [3.63, 3.8) is 0 Å². The number of H-pyrrole nitrogens is 2. The molecule has 2 aliphatic rings. The third-order valence-corrected chi connectivity index (χ3v) is 13.0. The molecule has 5 heterocycles. The highest BCUT2D eigenvalue weighted by Gasteiger charge is 2.21. The van der Waals surface area contributed by atoms with Crippen LogP contribution in [0.1, 0.15) is 33.9 Å². The molecule has 0 saturated carbocycles. The number of nitrogens with zero attached hydrogens (tertiary/aromatic N) is 2. The number of fused-ring (bicyclic) bond motifs is 8. The lowest BCUT2D eigenvalue weighted by atomic mass is 10.0. The Hall–Kier alpha value is -9.22. The Kier molecular flexibility index (Phi) is 12.6. The van der Waals surface area contributed by atoms with Gasteiger partial charge in [-0.05, 0) is 119 Å². The number of aromatic nitrogens is 4. The molecule has 0 aliphatic carbocycles. The zero-order valence-electron chi connectivity index (χ0n) is 39.2. The summed E-state index contributed by atoms with van der Waals surface area (Å²) in [5, 5.41) is 6.04. The predicted molar refractivity (Wildman–Crippen MR) is 294 cm³/mol. The lowest BCUT2D eigenvalue weighted by molar-refractivity contribution is -0.118. The van der Waals surface area contributed by atoms with Crippen LogP contribution < -0.4 is 22.1 Å². The largest absolute Gasteiger partial charge is 0.354 e. The van der Waals surface area contributed by atoms with Crippen molar-refractivity contribution >= 4 is 69.6 Å². The molecule has 6 aromatic carbocycles. The van der Waals surface area contributed by atoms with Crippen molar-refractivity contribution < 1.29 is 9.59 Å². The zero-order valence-corrected chi connectivity index (χ0v) is 39.2. The van der Waals surface area contributed by atoms with Gasteiger partial charge in [0.25, 0.3) is 0 Å². The van der Waals surface area contributed by atoms with Crippen molar-refractivity contribution in [3.8, 4) is 44.5 Å². The molecule has 0 spiro atoms. The second-order valence-electron chi connectivity index (χ2n) is 18.0. The number of carbonyl (C=O) groups excluding carboxylic acids is 2. The monoisotopic (exact) mass is 938 g/mol. The maximum absolute atomic E-state index is 13.3. The molecule has 2 aliphatic heterocycles. The summed E-state index contributed by atoms with van der Waals surface area (Å²) in [6.07, 6.45) is 9.11. The smallest absolute Gasteiger partial charge is 0.241 e. The maximum atomic E-state index is 13.3. The summed E-state index contributed by atoms with van der Waals surface area (Å²) >= 11 is 0. The van der Waals surface area contributed by atoms with E-state index in [0.29, 0.717) is 24.2 Å². The average molecular weight is 939 g/mol. The number of carbonyl (C=O) groups is 2. The van der Waals surface area contributed by atoms with Gasteiger partial charge in [-0.2, -0.15) is 0 Å². The van der Waals surface area contributed by atoms with Crippen LogP contribution in [0.15, 0.2) is 194 Å². The van der Waals surface area contributed by atoms with E-state index in [4.69, 9.17) is 21.4 Å². The lowest BCUT2D eigenvalue weighted by Crippen LogP contribution is -2.37. The molecule has 0 unspecified atom stereocenters. The topological polar surface area (TPSA) is 168 Å². The first kappa shape index (κ1) is 45.2. The summed E-state index contributed by atoms with van der Waals surface area (Å²) in [5.41, 5.74) is 30.0. The molecule has 2 atom stereocenters. The van der Waals surface area contributed by atoms with Crippen LogP contribution in [0.5, 0.6) is 0 Å². The minimum Gasteiger partial charge on any atom is -0.354 e. The predicted octanol–water partition coefficient (Wildman–Crippen LogP) is 12.3. The molecule has 8 N–H and O–H groups in total. The van der Waals surface area contributed by atoms with Crippen molar-refractivity contribution in [2.24, 2.45) is 11.5 Å². The Morgan fingerprint density at radius 2 is 0.653 bits per heavy atom. The first-order chi connectivity index (χ1) is 35.3. The molecule has 2 amide bonds. The molecule has 3 aromatic heterocycles. The van der Waals surface area contributed by atoms with Crippen molar-refractivity contribution in [3.05, 3.63) is 228 Å². The number of benzene rings is 6. The zero-order chi connectivity index (χ0) is 49.0. The van der Waals surface area contributed by atoms with E-state index < -0.39 is 12.1 Å². The van der Waals surface area contributed by atoms with Crippen LogP contribution in [0.3, 0.4) is 0 Å². The number of anilines is 2. The highest BCUT2D eigenvalue weighted by atomic mass is 16.2. The quantitative estimate of drug-likeness (QED) is 0.0713. The van der Waals surface area contributed by atoms with Crippen LogP contribution in [0, 0.1) is 0 Å². The van der Waals surface area contributed by atoms with E-state index in [2.05, 4.69) is 81.3 Å². The minimum absolute atomic E-state index is 0.264. The van der Waals surface area contributed by atoms with Crippen LogP contribution in [0.4, 0.5) is 11.4 Å². The van der Waals surface area contributed by atoms with Crippen molar-refractivity contribution in [1.82, 2.24) is 19.9 Å². The van der Waals surface area contributed by atoms with Crippen LogP contribution >= 0.6 is 0 Å². The molecule has 350 valence electrons. The number of hydrogen-bond acceptors (Lipinski definition) is 6. The highest BCUT2D eigenvalue weighted by molar-refractivity contribution is 6.01. The fourth-order valence-electron chi connectivity index (χ4n) is 9.46. The second-order valence-corrected chi connectivity index (χ2v) is 18.0. The average Bonchev–Trinajstić information content (AvgIpc) is 4.27. The van der Waals surface area contributed by atoms with E-state index in [1.54, 1.807) is 0 Å². The number of nitrogens with two attached hydrogens (primary N) is 2. The van der Waals surface area contributed by atoms with Crippen LogP contribution in [0.25, 0.3) is 90.9 Å². The normalized spacial score (nSPS) is 12.6. The van der Waals surface area contributed by atoms with Gasteiger partial charge < -0.3 is 32.1 Å². The van der Waals surface area contributed by atoms with Crippen LogP contribution in [0.2, 0.25) is 0 Å². The Bertz CT molecular complexity index is 3440. The van der Waals surface area contributed by atoms with Crippen molar-refractivity contribution in [2.75, 3.05) is 10.6 Å². The van der Waals surface area contributed by atoms with Gasteiger partial charge in [0.1, 0.15) is 0 Å². The van der Waals surface area contributed by atoms with Crippen LogP contribution in [-0.2, 0) is 22.4 Å². The second kappa shape index (κ2) is 20.0. The molecular formula is C62H50N8O2. The van der Waals surface area contributed by atoms with E-state index in [9.17, 15) is 9.59 Å². The standard InChI is InChI=1S/C62H50N8O2/c63-47(37-39-13-5-1-6-14-39)61(71)65-45-25-21-43(22-26-45)59-53-33-31-51(68-53)57(41-17-9-3-10-18-41)49-29-30-50(67-49)58(42-19-11-4-12-20-42)52-32-34-54(69-52)60(56-36-35-55(59)70-56)44-23-27-46(28-24-44)66-62(72)48(64)38-40-15-7-2-8-16-40/h1-36,47-48,68-69H,37-38,63-64H2,(H,65,71)(H,66,72)/t47-,48-/m0/s1. The fourth-order valence-corrected chi connectivity index (χ4v) is 9.46. The summed E-state index contributed by atoms with van der Waals surface area (Å²) in [6.45, 7) is 0. The maximum Gasteiger partial charge on any atom is 0.241 e. The molecule has 10 nitrogen and oxygen atoms in total. The molecular weight excluding hydrogens is 889 g/mol. The van der Waals surface area contributed by atoms with Gasteiger partial charge in [-0.3, -0.25) is 9.59 Å². The van der Waals surface area contributed by atoms with Gasteiger partial charge in [0.05, 0.1) is 34.9 Å². The summed E-state index contributed by atoms with van der Waals surface area (Å²) in [5.74, 6) is -0.528. The number of aromatic amines is 2. The molecule has 9 aromatic rings. The Morgan fingerprint density at radius 3 is 0.958 bits per heavy atom. The number of hydrogen-bond donors (Lipinski definition) is 6. The molecule has 0 saturated heterocycles. The van der Waals surface area contributed by atoms with Gasteiger partial charge in [-0.15, -0.1) is 0 Å². The highest BCUT2D eigenvalue weighted by Crippen LogP contribution is 2.39. The third kappa shape index (κ3) is 9.55. The SMILES string of the molecule is N[C@@H](Cc1ccccc1)C(=O)Nc1ccc(-c2c3nc(c(-c4ccc(NC(=O)[C@@H](N)Cc5ccccc5)cc4)c4ccc([nH]4)c(-c4ccccc4)c4nc(c(-c5ccccc5)c5ccc2[nH]5)C=C4)C=C3)cc1. The van der Waals surface area contributed by atoms with Crippen molar-refractivity contribution in [2.45, 2.75) is 24.9 Å². The van der Waals surface area contributed by atoms with Crippen molar-refractivity contribution in [1.29, 1.82) is 0 Å². The van der Waals surface area contributed by atoms with E-state index >= 15 is 0 Å². The lowest BCUT2D eigenvalue weighted by Gasteiger charge is -2.13. The molecule has 8 bridgehead atoms. The van der Waals surface area contributed by atoms with E-state index in [-0.39, 0.29) is 11.8 Å². The summed E-state index contributed by atoms with van der Waals surface area (Å²) in [4.78, 5) is 45.1. The molecule has 0 radical (unpaired) electrons. The Balaban J connectivity index is 1.08. The van der Waals surface area contributed by atoms with Gasteiger partial charge in [0, 0.05) is 55.7 Å². The number of rotatable bonds is 12. The Labute approximate surface area is 416 Å². The van der Waals surface area contributed by atoms with Gasteiger partial charge in [-0.25, -0.2) is 9.97 Å². The summed E-state index contributed by atoms with van der Waals surface area (Å²) < 4.78 is 0. The van der Waals surface area contributed by atoms with Gasteiger partial charge in [0.15, 0.2) is 0 Å². The van der Waals surface area contributed by atoms with Gasteiger partial charge in [-0.1, -0.05) is 146 Å². The first-order valence-electron chi connectivity index (χ1n) is 24.0. The van der Waals surface area contributed by atoms with E-state index in [1.807, 2.05) is 158 Å². The molecule has 72 heavy (non-hydrogen) atoms. The van der Waals surface area contributed by atoms with Crippen LogP contribution in [-0.4, -0.2) is 43.8 Å². The molecule has 10 heteroatoms. The fraction of sp³-hybridized carbons (Fsp3) is 0.0645. The minimum atomic E-state index is -0.718. The third-order valence-electron chi connectivity index (χ3n) is 13.0. The van der Waals surface area contributed by atoms with E-state index in [1.165, 1.54) is 0 Å². The number of nitrogens with one attached hydrogen (secondary N) is 4. The summed E-state index contributed by atoms with van der Waals surface area (Å²) in [7, 11) is 0. The summed E-state index contributed by atoms with van der Waals surface area (Å²) in [6, 6.07) is 62.7. The first-order valence-corrected chi connectivity index (χ1v) is 24.0. The molecule has 11 rings (SSSR count). The number of amides is 2. The van der Waals surface area contributed by atoms with Gasteiger partial charge in [0.2, 0.25) is 11.8 Å².